The average Bonchev–Trinajstić information content (AvgIpc) is 2.81. The van der Waals surface area contributed by atoms with E-state index >= 15 is 0 Å². The van der Waals surface area contributed by atoms with E-state index in [0.29, 0.717) is 44.9 Å². The van der Waals surface area contributed by atoms with Crippen molar-refractivity contribution in [2.45, 2.75) is 59.5 Å². The minimum Gasteiger partial charge on any atom is -0.497 e. The summed E-state index contributed by atoms with van der Waals surface area (Å²) in [4.78, 5) is 27.9. The second-order valence-electron chi connectivity index (χ2n) is 8.64. The third kappa shape index (κ3) is 8.44. The second-order valence-corrected chi connectivity index (χ2v) is 8.64. The van der Waals surface area contributed by atoms with Crippen molar-refractivity contribution in [3.63, 3.8) is 0 Å². The molecule has 0 saturated heterocycles. The molecule has 0 radical (unpaired) electrons. The van der Waals surface area contributed by atoms with Gasteiger partial charge in [0.1, 0.15) is 17.5 Å². The summed E-state index contributed by atoms with van der Waals surface area (Å²) in [7, 11) is 1.62. The zero-order valence-electron chi connectivity index (χ0n) is 20.6. The molecule has 2 aromatic rings. The summed E-state index contributed by atoms with van der Waals surface area (Å²) in [6, 6.07) is 14.9. The highest BCUT2D eigenvalue weighted by molar-refractivity contribution is 5.87. The molecule has 6 heteroatoms. The highest BCUT2D eigenvalue weighted by atomic mass is 16.5. The Bertz CT molecular complexity index is 880. The number of nitrogens with zero attached hydrogens (tertiary/aromatic N) is 1. The fourth-order valence-electron chi connectivity index (χ4n) is 3.54. The van der Waals surface area contributed by atoms with Crippen molar-refractivity contribution in [2.75, 3.05) is 20.3 Å². The molecule has 0 aromatic heterocycles. The van der Waals surface area contributed by atoms with Gasteiger partial charge in [-0.05, 0) is 61.1 Å². The van der Waals surface area contributed by atoms with Crippen LogP contribution in [0.15, 0.2) is 48.5 Å². The predicted octanol–water partition coefficient (Wildman–Crippen LogP) is 4.74. The van der Waals surface area contributed by atoms with E-state index in [4.69, 9.17) is 9.47 Å². The predicted molar refractivity (Wildman–Crippen MR) is 131 cm³/mol. The second kappa shape index (κ2) is 13.5. The summed E-state index contributed by atoms with van der Waals surface area (Å²) in [5.41, 5.74) is 2.16. The highest BCUT2D eigenvalue weighted by Gasteiger charge is 2.28. The summed E-state index contributed by atoms with van der Waals surface area (Å²) in [5.74, 6) is 1.72. The van der Waals surface area contributed by atoms with E-state index in [1.165, 1.54) is 0 Å². The van der Waals surface area contributed by atoms with Crippen molar-refractivity contribution in [2.24, 2.45) is 5.92 Å². The van der Waals surface area contributed by atoms with Crippen molar-refractivity contribution < 1.29 is 19.1 Å². The van der Waals surface area contributed by atoms with Crippen LogP contribution in [0, 0.1) is 12.8 Å². The smallest absolute Gasteiger partial charge is 0.242 e. The number of rotatable bonds is 13. The van der Waals surface area contributed by atoms with E-state index in [2.05, 4.69) is 19.2 Å². The zero-order valence-corrected chi connectivity index (χ0v) is 20.6. The standard InChI is InChI=1S/C27H38N2O4/c1-6-25(27(31)28-18-20(2)3)29(19-22-11-8-7-10-21(22)4)26(30)12-9-17-33-24-15-13-23(32-5)14-16-24/h7-8,10-11,13-16,20,25H,6,9,12,17-19H2,1-5H3,(H,28,31). The molecule has 2 rings (SSSR count). The number of ether oxygens (including phenoxy) is 2. The Morgan fingerprint density at radius 1 is 1.03 bits per heavy atom. The lowest BCUT2D eigenvalue weighted by atomic mass is 10.0. The largest absolute Gasteiger partial charge is 0.497 e. The van der Waals surface area contributed by atoms with E-state index in [1.54, 1.807) is 12.0 Å². The van der Waals surface area contributed by atoms with Crippen LogP contribution in [-0.4, -0.2) is 43.0 Å². The van der Waals surface area contributed by atoms with E-state index in [-0.39, 0.29) is 11.8 Å². The van der Waals surface area contributed by atoms with Crippen LogP contribution in [0.1, 0.15) is 51.2 Å². The lowest BCUT2D eigenvalue weighted by Crippen LogP contribution is -2.49. The topological polar surface area (TPSA) is 67.9 Å². The Labute approximate surface area is 198 Å². The number of carbonyl (C=O) groups excluding carboxylic acids is 2. The first-order valence-corrected chi connectivity index (χ1v) is 11.7. The first-order chi connectivity index (χ1) is 15.8. The van der Waals surface area contributed by atoms with Crippen LogP contribution in [0.25, 0.3) is 0 Å². The van der Waals surface area contributed by atoms with E-state index in [0.717, 1.165) is 22.6 Å². The van der Waals surface area contributed by atoms with Gasteiger partial charge in [0.2, 0.25) is 11.8 Å². The average molecular weight is 455 g/mol. The van der Waals surface area contributed by atoms with Gasteiger partial charge in [-0.2, -0.15) is 0 Å². The normalized spacial score (nSPS) is 11.7. The van der Waals surface area contributed by atoms with Crippen LogP contribution in [-0.2, 0) is 16.1 Å². The first-order valence-electron chi connectivity index (χ1n) is 11.7. The van der Waals surface area contributed by atoms with Crippen LogP contribution in [0.2, 0.25) is 0 Å². The molecule has 2 amide bonds. The van der Waals surface area contributed by atoms with Gasteiger partial charge in [0, 0.05) is 19.5 Å². The molecule has 0 bridgehead atoms. The molecule has 6 nitrogen and oxygen atoms in total. The van der Waals surface area contributed by atoms with Crippen molar-refractivity contribution in [1.29, 1.82) is 0 Å². The van der Waals surface area contributed by atoms with Gasteiger partial charge in [0.25, 0.3) is 0 Å². The van der Waals surface area contributed by atoms with Gasteiger partial charge >= 0.3 is 0 Å². The number of aryl methyl sites for hydroxylation is 1. The number of hydrogen-bond acceptors (Lipinski definition) is 4. The zero-order chi connectivity index (χ0) is 24.2. The Kier molecular flexibility index (Phi) is 10.7. The molecule has 180 valence electrons. The molecule has 0 aliphatic carbocycles. The lowest BCUT2D eigenvalue weighted by molar-refractivity contribution is -0.141. The van der Waals surface area contributed by atoms with Crippen molar-refractivity contribution in [3.05, 3.63) is 59.7 Å². The summed E-state index contributed by atoms with van der Waals surface area (Å²) in [5, 5.41) is 3.00. The fourth-order valence-corrected chi connectivity index (χ4v) is 3.54. The SMILES string of the molecule is CCC(C(=O)NCC(C)C)N(Cc1ccccc1C)C(=O)CCCOc1ccc(OC)cc1. The summed E-state index contributed by atoms with van der Waals surface area (Å²) in [6.45, 7) is 9.52. The van der Waals surface area contributed by atoms with Crippen molar-refractivity contribution >= 4 is 11.8 Å². The van der Waals surface area contributed by atoms with Crippen LogP contribution < -0.4 is 14.8 Å². The molecule has 0 saturated carbocycles. The number of amides is 2. The van der Waals surface area contributed by atoms with Crippen LogP contribution >= 0.6 is 0 Å². The van der Waals surface area contributed by atoms with Crippen LogP contribution in [0.4, 0.5) is 0 Å². The monoisotopic (exact) mass is 454 g/mol. The molecule has 0 spiro atoms. The molecule has 0 fully saturated rings. The molecule has 33 heavy (non-hydrogen) atoms. The molecule has 0 heterocycles. The third-order valence-corrected chi connectivity index (χ3v) is 5.54. The third-order valence-electron chi connectivity index (χ3n) is 5.54. The van der Waals surface area contributed by atoms with E-state index < -0.39 is 6.04 Å². The van der Waals surface area contributed by atoms with Gasteiger partial charge in [0.05, 0.1) is 13.7 Å². The maximum atomic E-state index is 13.3. The molecule has 1 atom stereocenters. The first kappa shape index (κ1) is 26.2. The minimum absolute atomic E-state index is 0.0388. The van der Waals surface area contributed by atoms with Gasteiger partial charge in [-0.15, -0.1) is 0 Å². The minimum atomic E-state index is -0.502. The molecule has 0 aliphatic heterocycles. The van der Waals surface area contributed by atoms with E-state index in [9.17, 15) is 9.59 Å². The van der Waals surface area contributed by atoms with Crippen molar-refractivity contribution in [3.8, 4) is 11.5 Å². The number of nitrogens with one attached hydrogen (secondary N) is 1. The molecule has 1 N–H and O–H groups in total. The molecule has 2 aromatic carbocycles. The Morgan fingerprint density at radius 3 is 2.30 bits per heavy atom. The highest BCUT2D eigenvalue weighted by Crippen LogP contribution is 2.19. The van der Waals surface area contributed by atoms with Gasteiger partial charge in [-0.1, -0.05) is 45.0 Å². The van der Waals surface area contributed by atoms with Crippen LogP contribution in [0.5, 0.6) is 11.5 Å². The van der Waals surface area contributed by atoms with Gasteiger partial charge in [-0.3, -0.25) is 9.59 Å². The summed E-state index contributed by atoms with van der Waals surface area (Å²) in [6.07, 6.45) is 1.44. The van der Waals surface area contributed by atoms with Crippen LogP contribution in [0.3, 0.4) is 0 Å². The maximum absolute atomic E-state index is 13.3. The summed E-state index contributed by atoms with van der Waals surface area (Å²) >= 11 is 0. The Balaban J connectivity index is 2.04. The maximum Gasteiger partial charge on any atom is 0.242 e. The number of methoxy groups -OCH3 is 1. The number of hydrogen-bond donors (Lipinski definition) is 1. The quantitative estimate of drug-likeness (QED) is 0.444. The number of carbonyl (C=O) groups is 2. The Morgan fingerprint density at radius 2 is 1.70 bits per heavy atom. The molecular weight excluding hydrogens is 416 g/mol. The summed E-state index contributed by atoms with van der Waals surface area (Å²) < 4.78 is 10.9. The lowest BCUT2D eigenvalue weighted by Gasteiger charge is -2.31. The van der Waals surface area contributed by atoms with Gasteiger partial charge in [-0.25, -0.2) is 0 Å². The fraction of sp³-hybridized carbons (Fsp3) is 0.481. The van der Waals surface area contributed by atoms with Gasteiger partial charge in [0.15, 0.2) is 0 Å². The Hall–Kier alpha value is -3.02. The molecule has 1 unspecified atom stereocenters. The number of benzene rings is 2. The molecule has 0 aliphatic rings. The van der Waals surface area contributed by atoms with Gasteiger partial charge < -0.3 is 19.7 Å². The molecular formula is C27H38N2O4. The van der Waals surface area contributed by atoms with E-state index in [1.807, 2.05) is 62.4 Å². The van der Waals surface area contributed by atoms with Crippen molar-refractivity contribution in [1.82, 2.24) is 10.2 Å².